The van der Waals surface area contributed by atoms with Gasteiger partial charge in [-0.15, -0.1) is 0 Å². The van der Waals surface area contributed by atoms with E-state index in [1.165, 1.54) is 38.1 Å². The van der Waals surface area contributed by atoms with Gasteiger partial charge in [0.05, 0.1) is 0 Å². The molecule has 9 aromatic carbocycles. The van der Waals surface area contributed by atoms with E-state index in [1.54, 1.807) is 0 Å². The van der Waals surface area contributed by atoms with E-state index < -0.39 is 0 Å². The Kier molecular flexibility index (Phi) is 7.14. The van der Waals surface area contributed by atoms with Crippen LogP contribution in [0.2, 0.25) is 0 Å². The summed E-state index contributed by atoms with van der Waals surface area (Å²) in [6.07, 6.45) is 0. The second-order valence-corrected chi connectivity index (χ2v) is 14.0. The highest BCUT2D eigenvalue weighted by atomic mass is 16.3. The summed E-state index contributed by atoms with van der Waals surface area (Å²) in [7, 11) is 0. The van der Waals surface area contributed by atoms with Gasteiger partial charge in [-0.3, -0.25) is 0 Å². The van der Waals surface area contributed by atoms with E-state index in [0.717, 1.165) is 55.1 Å². The minimum absolute atomic E-state index is 0.591. The number of benzene rings is 9. The first-order valence-corrected chi connectivity index (χ1v) is 18.5. The molecule has 0 aliphatic rings. The van der Waals surface area contributed by atoms with Crippen LogP contribution in [0.25, 0.3) is 111 Å². The van der Waals surface area contributed by atoms with Gasteiger partial charge in [0.2, 0.25) is 0 Å². The number of aromatic nitrogens is 3. The van der Waals surface area contributed by atoms with Crippen molar-refractivity contribution in [3.05, 3.63) is 188 Å². The van der Waals surface area contributed by atoms with Crippen molar-refractivity contribution in [3.63, 3.8) is 0 Å². The first-order valence-electron chi connectivity index (χ1n) is 18.5. The smallest absolute Gasteiger partial charge is 0.165 e. The zero-order valence-corrected chi connectivity index (χ0v) is 29.6. The summed E-state index contributed by atoms with van der Waals surface area (Å²) in [5.74, 6) is 1.81. The van der Waals surface area contributed by atoms with E-state index in [9.17, 15) is 0 Å². The van der Waals surface area contributed by atoms with Crippen molar-refractivity contribution >= 4 is 54.3 Å². The van der Waals surface area contributed by atoms with Crippen molar-refractivity contribution in [1.29, 1.82) is 0 Å². The van der Waals surface area contributed by atoms with Crippen molar-refractivity contribution < 1.29 is 4.42 Å². The van der Waals surface area contributed by atoms with E-state index in [2.05, 4.69) is 158 Å². The molecular weight excluding hydrogens is 671 g/mol. The van der Waals surface area contributed by atoms with Gasteiger partial charge in [0, 0.05) is 27.5 Å². The Balaban J connectivity index is 1.19. The van der Waals surface area contributed by atoms with E-state index in [0.29, 0.717) is 17.5 Å². The Bertz CT molecular complexity index is 3260. The van der Waals surface area contributed by atoms with Gasteiger partial charge in [-0.1, -0.05) is 152 Å². The number of hydrogen-bond donors (Lipinski definition) is 0. The molecule has 0 amide bonds. The molecular formula is C51H31N3O. The molecule has 0 saturated heterocycles. The second-order valence-electron chi connectivity index (χ2n) is 14.0. The first kappa shape index (κ1) is 31.1. The molecule has 0 radical (unpaired) electrons. The molecule has 0 spiro atoms. The summed E-state index contributed by atoms with van der Waals surface area (Å²) in [6.45, 7) is 0. The van der Waals surface area contributed by atoms with E-state index in [1.807, 2.05) is 30.3 Å². The zero-order valence-electron chi connectivity index (χ0n) is 29.6. The number of furan rings is 1. The molecule has 256 valence electrons. The fourth-order valence-electron chi connectivity index (χ4n) is 8.09. The molecule has 0 unspecified atom stereocenters. The Hall–Kier alpha value is -7.43. The monoisotopic (exact) mass is 701 g/mol. The van der Waals surface area contributed by atoms with Crippen LogP contribution in [0.4, 0.5) is 0 Å². The Morgan fingerprint density at radius 2 is 0.927 bits per heavy atom. The van der Waals surface area contributed by atoms with Crippen LogP contribution >= 0.6 is 0 Å². The molecule has 55 heavy (non-hydrogen) atoms. The summed E-state index contributed by atoms with van der Waals surface area (Å²) in [6, 6.07) is 65.8. The third-order valence-electron chi connectivity index (χ3n) is 10.7. The van der Waals surface area contributed by atoms with Gasteiger partial charge < -0.3 is 4.42 Å². The van der Waals surface area contributed by atoms with Crippen molar-refractivity contribution in [2.24, 2.45) is 0 Å². The molecule has 11 rings (SSSR count). The fraction of sp³-hybridized carbons (Fsp3) is 0. The van der Waals surface area contributed by atoms with Gasteiger partial charge in [0.25, 0.3) is 0 Å². The number of hydrogen-bond acceptors (Lipinski definition) is 4. The molecule has 0 saturated carbocycles. The SMILES string of the molecule is c1ccc(-c2nc(-c3ccc4c(c3)cc(-c3ccccc3)c3ccccc34)nc(-c3c(-c4ccc5ccccc5c4)ccc4oc5ccccc5c34)n2)cc1. The molecule has 0 aliphatic heterocycles. The highest BCUT2D eigenvalue weighted by Gasteiger charge is 2.22. The normalized spacial score (nSPS) is 11.6. The van der Waals surface area contributed by atoms with Gasteiger partial charge in [-0.25, -0.2) is 15.0 Å². The Morgan fingerprint density at radius 3 is 1.75 bits per heavy atom. The van der Waals surface area contributed by atoms with Crippen LogP contribution in [0, 0.1) is 0 Å². The molecule has 0 fully saturated rings. The minimum Gasteiger partial charge on any atom is -0.456 e. The highest BCUT2D eigenvalue weighted by Crippen LogP contribution is 2.43. The van der Waals surface area contributed by atoms with Gasteiger partial charge in [-0.2, -0.15) is 0 Å². The molecule has 4 nitrogen and oxygen atoms in total. The fourth-order valence-corrected chi connectivity index (χ4v) is 8.09. The largest absolute Gasteiger partial charge is 0.456 e. The quantitative estimate of drug-likeness (QED) is 0.168. The van der Waals surface area contributed by atoms with Gasteiger partial charge in [-0.05, 0) is 91.0 Å². The molecule has 0 bridgehead atoms. The van der Waals surface area contributed by atoms with Crippen molar-refractivity contribution in [1.82, 2.24) is 15.0 Å². The van der Waals surface area contributed by atoms with E-state index in [-0.39, 0.29) is 0 Å². The van der Waals surface area contributed by atoms with Crippen molar-refractivity contribution in [2.75, 3.05) is 0 Å². The second kappa shape index (κ2) is 12.6. The van der Waals surface area contributed by atoms with Gasteiger partial charge >= 0.3 is 0 Å². The number of para-hydroxylation sites is 1. The first-order chi connectivity index (χ1) is 27.2. The third kappa shape index (κ3) is 5.26. The highest BCUT2D eigenvalue weighted by molar-refractivity contribution is 6.16. The lowest BCUT2D eigenvalue weighted by molar-refractivity contribution is 0.669. The summed E-state index contributed by atoms with van der Waals surface area (Å²) in [5.41, 5.74) is 8.84. The summed E-state index contributed by atoms with van der Waals surface area (Å²) >= 11 is 0. The lowest BCUT2D eigenvalue weighted by atomic mass is 9.92. The van der Waals surface area contributed by atoms with Crippen LogP contribution in [-0.4, -0.2) is 15.0 Å². The topological polar surface area (TPSA) is 51.8 Å². The lowest BCUT2D eigenvalue weighted by Crippen LogP contribution is -2.01. The standard InChI is InChI=1S/C51H31N3O/c1-3-14-33(15-4-1)44-31-38-30-37(25-26-39(38)41-19-9-10-20-42(41)44)50-52-49(34-16-5-2-6-17-34)53-51(54-50)48-40(36-24-23-32-13-7-8-18-35(32)29-36)27-28-46-47(48)43-21-11-12-22-45(43)55-46/h1-31H. The van der Waals surface area contributed by atoms with E-state index in [4.69, 9.17) is 19.4 Å². The summed E-state index contributed by atoms with van der Waals surface area (Å²) in [4.78, 5) is 15.8. The molecule has 2 heterocycles. The lowest BCUT2D eigenvalue weighted by Gasteiger charge is -2.15. The van der Waals surface area contributed by atoms with Crippen LogP contribution in [0.1, 0.15) is 0 Å². The maximum absolute atomic E-state index is 6.47. The van der Waals surface area contributed by atoms with Crippen molar-refractivity contribution in [3.8, 4) is 56.4 Å². The predicted molar refractivity (Wildman–Crippen MR) is 227 cm³/mol. The minimum atomic E-state index is 0.591. The van der Waals surface area contributed by atoms with Gasteiger partial charge in [0.15, 0.2) is 17.5 Å². The maximum Gasteiger partial charge on any atom is 0.165 e. The Morgan fingerprint density at radius 1 is 0.309 bits per heavy atom. The third-order valence-corrected chi connectivity index (χ3v) is 10.7. The summed E-state index contributed by atoms with van der Waals surface area (Å²) in [5, 5.41) is 9.11. The molecule has 2 aromatic heterocycles. The predicted octanol–water partition coefficient (Wildman–Crippen LogP) is 13.6. The molecule has 0 N–H and O–H groups in total. The van der Waals surface area contributed by atoms with Crippen molar-refractivity contribution in [2.45, 2.75) is 0 Å². The average Bonchev–Trinajstić information content (AvgIpc) is 3.65. The van der Waals surface area contributed by atoms with Gasteiger partial charge in [0.1, 0.15) is 11.2 Å². The van der Waals surface area contributed by atoms with Crippen LogP contribution in [0.15, 0.2) is 192 Å². The number of rotatable bonds is 5. The number of nitrogens with zero attached hydrogens (tertiary/aromatic N) is 3. The summed E-state index contributed by atoms with van der Waals surface area (Å²) < 4.78 is 6.47. The van der Waals surface area contributed by atoms with Crippen LogP contribution in [0.5, 0.6) is 0 Å². The average molecular weight is 702 g/mol. The zero-order chi connectivity index (χ0) is 36.3. The maximum atomic E-state index is 6.47. The van der Waals surface area contributed by atoms with Crippen LogP contribution in [-0.2, 0) is 0 Å². The van der Waals surface area contributed by atoms with Crippen LogP contribution < -0.4 is 0 Å². The van der Waals surface area contributed by atoms with Crippen LogP contribution in [0.3, 0.4) is 0 Å². The molecule has 0 aliphatic carbocycles. The number of fused-ring (bicyclic) bond motifs is 7. The Labute approximate surface area is 317 Å². The molecule has 4 heteroatoms. The van der Waals surface area contributed by atoms with E-state index >= 15 is 0 Å². The molecule has 0 atom stereocenters. The molecule has 11 aromatic rings.